The Balaban J connectivity index is 0. The summed E-state index contributed by atoms with van der Waals surface area (Å²) in [5, 5.41) is -0.178. The summed E-state index contributed by atoms with van der Waals surface area (Å²) >= 11 is 12.8. The van der Waals surface area contributed by atoms with Crippen LogP contribution >= 0.6 is 65.0 Å². The summed E-state index contributed by atoms with van der Waals surface area (Å²) in [6.07, 6.45) is 1.68. The monoisotopic (exact) mass is 692 g/mol. The summed E-state index contributed by atoms with van der Waals surface area (Å²) in [6.45, 7) is 7.45. The molecule has 224 valence electrons. The minimum atomic E-state index is -1.72. The van der Waals surface area contributed by atoms with Crippen LogP contribution in [-0.4, -0.2) is 56.2 Å². The molecule has 1 aliphatic rings. The van der Waals surface area contributed by atoms with Gasteiger partial charge in [0.15, 0.2) is 5.78 Å². The number of carbonyl (C=O) groups is 2. The number of Topliss-reactive ketones (excluding diaryl/α,β-unsaturated/α-hetero) is 1. The van der Waals surface area contributed by atoms with Crippen LogP contribution in [0.2, 0.25) is 0 Å². The van der Waals surface area contributed by atoms with Gasteiger partial charge in [-0.2, -0.15) is 0 Å². The molecule has 0 radical (unpaired) electrons. The first-order valence-corrected chi connectivity index (χ1v) is 18.3. The molecule has 3 rings (SSSR count). The van der Waals surface area contributed by atoms with Crippen LogP contribution in [0.3, 0.4) is 0 Å². The first-order chi connectivity index (χ1) is 18.8. The van der Waals surface area contributed by atoms with E-state index in [0.29, 0.717) is 16.9 Å². The highest BCUT2D eigenvalue weighted by Crippen LogP contribution is 2.46. The molecule has 0 fully saturated rings. The lowest BCUT2D eigenvalue weighted by atomic mass is 9.95. The Morgan fingerprint density at radius 1 is 0.825 bits per heavy atom. The Kier molecular flexibility index (Phi) is 24.2. The van der Waals surface area contributed by atoms with Gasteiger partial charge in [-0.25, -0.2) is 30.1 Å². The summed E-state index contributed by atoms with van der Waals surface area (Å²) < 4.78 is 20.5. The molecule has 6 nitrogen and oxygen atoms in total. The van der Waals surface area contributed by atoms with E-state index in [1.54, 1.807) is 54.4 Å². The first-order valence-electron chi connectivity index (χ1n) is 11.6. The van der Waals surface area contributed by atoms with E-state index in [4.69, 9.17) is 83.9 Å². The van der Waals surface area contributed by atoms with Crippen molar-refractivity contribution >= 4 is 87.4 Å². The number of alkyl halides is 2. The summed E-state index contributed by atoms with van der Waals surface area (Å²) in [4.78, 5) is 22.2. The van der Waals surface area contributed by atoms with E-state index in [0.717, 1.165) is 22.8 Å². The number of hydrogen-bond donors (Lipinski definition) is 0. The van der Waals surface area contributed by atoms with Crippen LogP contribution in [0.5, 0.6) is 23.0 Å². The molecule has 0 spiro atoms. The maximum absolute atomic E-state index is 12.1. The third kappa shape index (κ3) is 15.3. The predicted octanol–water partition coefficient (Wildman–Crippen LogP) is 9.17. The number of halogens is 6. The van der Waals surface area contributed by atoms with Gasteiger partial charge in [-0.1, -0.05) is 19.9 Å². The molecule has 0 heterocycles. The molecule has 0 aromatic heterocycles. The average molecular weight is 695 g/mol. The van der Waals surface area contributed by atoms with E-state index in [1.807, 2.05) is 37.3 Å². The third-order valence-corrected chi connectivity index (χ3v) is 5.81. The second-order valence-electron chi connectivity index (χ2n) is 7.67. The van der Waals surface area contributed by atoms with Crippen molar-refractivity contribution in [3.05, 3.63) is 59.2 Å². The Morgan fingerprint density at radius 2 is 1.20 bits per heavy atom. The fraction of sp³-hybridized carbons (Fsp3) is 0.407. The van der Waals surface area contributed by atoms with Crippen molar-refractivity contribution < 1.29 is 28.5 Å². The highest BCUT2D eigenvalue weighted by atomic mass is 35.8. The minimum Gasteiger partial charge on any atom is -0.497 e. The maximum atomic E-state index is 12.1. The van der Waals surface area contributed by atoms with Gasteiger partial charge in [0.2, 0.25) is 5.24 Å². The Hall–Kier alpha value is -1.01. The SMILES string of the molecule is C/C=C(/C)C(=O)Cl.COc1ccc(OC)c2c1C(=O)C(C)C2C.COc1ccc(OC)cc1.ClCCl.[Cl][Al]([Cl])[Cl]. The fourth-order valence-electron chi connectivity index (χ4n) is 3.16. The van der Waals surface area contributed by atoms with Gasteiger partial charge >= 0.3 is 11.4 Å². The quantitative estimate of drug-likeness (QED) is 0.135. The van der Waals surface area contributed by atoms with E-state index in [2.05, 4.69) is 6.92 Å². The van der Waals surface area contributed by atoms with Crippen molar-refractivity contribution in [1.29, 1.82) is 0 Å². The largest absolute Gasteiger partial charge is 0.643 e. The van der Waals surface area contributed by atoms with Crippen LogP contribution in [-0.2, 0) is 4.79 Å². The number of hydrogen-bond acceptors (Lipinski definition) is 6. The molecule has 0 saturated carbocycles. The summed E-state index contributed by atoms with van der Waals surface area (Å²) in [7, 11) is 21.3. The summed E-state index contributed by atoms with van der Waals surface area (Å²) in [6, 6.07) is 11.1. The van der Waals surface area contributed by atoms with E-state index in [9.17, 15) is 9.59 Å². The van der Waals surface area contributed by atoms with Gasteiger partial charge in [0.25, 0.3) is 0 Å². The molecule has 0 N–H and O–H groups in total. The van der Waals surface area contributed by atoms with Gasteiger partial charge in [0, 0.05) is 17.1 Å². The van der Waals surface area contributed by atoms with Crippen molar-refractivity contribution in [3.8, 4) is 23.0 Å². The first kappa shape index (κ1) is 41.1. The predicted molar refractivity (Wildman–Crippen MR) is 171 cm³/mol. The standard InChI is InChI=1S/C13H16O3.C8H10O2.C5H7ClO.CH2Cl2.Al.3ClH/c1-7-8(2)13(14)12-10(16-4)6-5-9(15-3)11(7)12;1-9-7-3-5-8(10-2)6-4-7;1-3-4(2)5(6)7;2-1-3;;;;/h5-8H,1-4H3;3-6H,1-2H3;3H,1-2H3;1H2;;3*1H/q;;;;+3;;;/p-3/b;;4-3-;;;;;. The zero-order valence-electron chi connectivity index (χ0n) is 23.7. The molecule has 2 aromatic carbocycles. The zero-order chi connectivity index (χ0) is 31.4. The summed E-state index contributed by atoms with van der Waals surface area (Å²) in [5.74, 6) is 3.46. The second kappa shape index (κ2) is 23.5. The van der Waals surface area contributed by atoms with E-state index >= 15 is 0 Å². The molecular formula is C27H35AlCl6O6. The topological polar surface area (TPSA) is 71.1 Å². The molecule has 1 aliphatic carbocycles. The number of fused-ring (bicyclic) bond motifs is 1. The molecule has 13 heteroatoms. The molecule has 0 amide bonds. The molecule has 0 aliphatic heterocycles. The van der Waals surface area contributed by atoms with Crippen molar-refractivity contribution in [2.45, 2.75) is 33.6 Å². The van der Waals surface area contributed by atoms with Crippen LogP contribution < -0.4 is 18.9 Å². The number of carbonyl (C=O) groups excluding carboxylic acids is 2. The van der Waals surface area contributed by atoms with E-state index in [1.165, 1.54) is 0 Å². The van der Waals surface area contributed by atoms with Gasteiger partial charge in [-0.3, -0.25) is 9.59 Å². The van der Waals surface area contributed by atoms with Crippen LogP contribution in [0.1, 0.15) is 49.5 Å². The van der Waals surface area contributed by atoms with Crippen LogP contribution in [0, 0.1) is 5.92 Å². The minimum absolute atomic E-state index is 0.000185. The van der Waals surface area contributed by atoms with Gasteiger partial charge in [0.05, 0.1) is 39.3 Å². The maximum Gasteiger partial charge on any atom is 0.643 e. The van der Waals surface area contributed by atoms with Crippen molar-refractivity contribution in [3.63, 3.8) is 0 Å². The number of methoxy groups -OCH3 is 4. The highest BCUT2D eigenvalue weighted by Gasteiger charge is 2.38. The van der Waals surface area contributed by atoms with Gasteiger partial charge < -0.3 is 18.9 Å². The van der Waals surface area contributed by atoms with Crippen molar-refractivity contribution in [1.82, 2.24) is 0 Å². The van der Waals surface area contributed by atoms with Crippen molar-refractivity contribution in [2.24, 2.45) is 5.92 Å². The fourth-order valence-corrected chi connectivity index (χ4v) is 3.27. The molecular weight excluding hydrogens is 660 g/mol. The lowest BCUT2D eigenvalue weighted by Crippen LogP contribution is -2.06. The number of benzene rings is 2. The van der Waals surface area contributed by atoms with Crippen molar-refractivity contribution in [2.75, 3.05) is 33.8 Å². The summed E-state index contributed by atoms with van der Waals surface area (Å²) in [5.41, 5.74) is 2.28. The van der Waals surface area contributed by atoms with Crippen LogP contribution in [0.15, 0.2) is 48.0 Å². The second-order valence-corrected chi connectivity index (χ2v) is 15.3. The van der Waals surface area contributed by atoms with E-state index in [-0.39, 0.29) is 28.2 Å². The molecule has 2 aromatic rings. The zero-order valence-corrected chi connectivity index (χ0v) is 29.4. The third-order valence-electron chi connectivity index (χ3n) is 5.51. The number of ketones is 1. The average Bonchev–Trinajstić information content (AvgIpc) is 3.17. The van der Waals surface area contributed by atoms with E-state index < -0.39 is 11.4 Å². The van der Waals surface area contributed by atoms with Crippen LogP contribution in [0.25, 0.3) is 0 Å². The molecule has 0 bridgehead atoms. The highest BCUT2D eigenvalue weighted by molar-refractivity contribution is 7.54. The Bertz CT molecular complexity index is 1020. The number of allylic oxidation sites excluding steroid dienone is 2. The van der Waals surface area contributed by atoms with Gasteiger partial charge in [-0.05, 0) is 67.8 Å². The van der Waals surface area contributed by atoms with Gasteiger partial charge in [-0.15, -0.1) is 23.2 Å². The van der Waals surface area contributed by atoms with Crippen LogP contribution in [0.4, 0.5) is 0 Å². The smallest absolute Gasteiger partial charge is 0.497 e. The normalized spacial score (nSPS) is 14.7. The molecule has 2 unspecified atom stereocenters. The lowest BCUT2D eigenvalue weighted by Gasteiger charge is -2.13. The molecule has 2 atom stereocenters. The number of ether oxygens (including phenoxy) is 4. The number of rotatable bonds is 5. The van der Waals surface area contributed by atoms with Gasteiger partial charge in [0.1, 0.15) is 23.0 Å². The molecule has 0 saturated heterocycles. The lowest BCUT2D eigenvalue weighted by molar-refractivity contribution is -0.108. The molecule has 40 heavy (non-hydrogen) atoms. The Labute approximate surface area is 269 Å². The Morgan fingerprint density at radius 3 is 1.48 bits per heavy atom.